The third kappa shape index (κ3) is 6.73. The predicted molar refractivity (Wildman–Crippen MR) is 199 cm³/mol. The Kier molecular flexibility index (Phi) is 9.40. The summed E-state index contributed by atoms with van der Waals surface area (Å²) < 4.78 is 2.19. The molecule has 2 fully saturated rings. The van der Waals surface area contributed by atoms with E-state index in [1.807, 2.05) is 37.4 Å². The van der Waals surface area contributed by atoms with E-state index in [2.05, 4.69) is 50.7 Å². The number of aliphatic carboxylic acids is 1. The fourth-order valence-electron chi connectivity index (χ4n) is 7.43. The summed E-state index contributed by atoms with van der Waals surface area (Å²) in [4.78, 5) is 46.2. The highest BCUT2D eigenvalue weighted by Crippen LogP contribution is 2.45. The Bertz CT molecular complexity index is 2070. The van der Waals surface area contributed by atoms with Gasteiger partial charge in [-0.2, -0.15) is 0 Å². The van der Waals surface area contributed by atoms with Crippen molar-refractivity contribution in [2.45, 2.75) is 50.0 Å². The van der Waals surface area contributed by atoms with E-state index < -0.39 is 11.5 Å². The minimum Gasteiger partial charge on any atom is -0.478 e. The first-order chi connectivity index (χ1) is 24.2. The molecule has 9 nitrogen and oxygen atoms in total. The van der Waals surface area contributed by atoms with Crippen LogP contribution in [0.3, 0.4) is 0 Å². The highest BCUT2D eigenvalue weighted by atomic mass is 32.1. The zero-order valence-electron chi connectivity index (χ0n) is 28.3. The molecule has 0 spiro atoms. The van der Waals surface area contributed by atoms with Crippen LogP contribution in [0.2, 0.25) is 0 Å². The van der Waals surface area contributed by atoms with Crippen LogP contribution in [0.1, 0.15) is 65.9 Å². The van der Waals surface area contributed by atoms with Crippen molar-refractivity contribution in [3.05, 3.63) is 101 Å². The number of carboxylic acids is 1. The topological polar surface area (TPSA) is 117 Å². The average molecular weight is 688 g/mol. The van der Waals surface area contributed by atoms with Crippen molar-refractivity contribution < 1.29 is 19.5 Å². The van der Waals surface area contributed by atoms with Crippen molar-refractivity contribution in [3.8, 4) is 22.0 Å². The standard InChI is InChI=1S/C40H41N5O4S/c1-44-22-20-40(21-23-44,39(49)41-30-16-12-26(13-17-30)14-19-34(46)47)43-37(48)29-15-18-31-33(24-29)45(2)36(35(31)27-8-6-7-9-27)32-25-50-38(42-32)28-10-4-3-5-11-28/h3-5,10-19,24-25,27H,6-9,20-23H2,1-2H3,(H,41,49)(H,43,48)(H,46,47)/b19-14+. The van der Waals surface area contributed by atoms with Gasteiger partial charge >= 0.3 is 5.97 Å². The van der Waals surface area contributed by atoms with Crippen LogP contribution in [-0.4, -0.2) is 63.0 Å². The average Bonchev–Trinajstić information content (AvgIpc) is 3.89. The number of anilines is 1. The van der Waals surface area contributed by atoms with Crippen molar-refractivity contribution in [1.82, 2.24) is 19.8 Å². The highest BCUT2D eigenvalue weighted by Gasteiger charge is 2.42. The molecule has 7 rings (SSSR count). The smallest absolute Gasteiger partial charge is 0.328 e. The molecule has 1 saturated carbocycles. The maximum atomic E-state index is 14.1. The number of fused-ring (bicyclic) bond motifs is 1. The van der Waals surface area contributed by atoms with Crippen LogP contribution in [-0.2, 0) is 16.6 Å². The van der Waals surface area contributed by atoms with E-state index in [9.17, 15) is 14.4 Å². The van der Waals surface area contributed by atoms with Crippen LogP contribution >= 0.6 is 11.3 Å². The van der Waals surface area contributed by atoms with E-state index in [1.54, 1.807) is 35.6 Å². The van der Waals surface area contributed by atoms with Gasteiger partial charge in [0.2, 0.25) is 5.91 Å². The number of nitrogens with one attached hydrogen (secondary N) is 2. The number of carbonyl (C=O) groups is 3. The second-order valence-corrected chi connectivity index (χ2v) is 14.4. The van der Waals surface area contributed by atoms with E-state index in [0.717, 1.165) is 51.8 Å². The highest BCUT2D eigenvalue weighted by molar-refractivity contribution is 7.13. The number of carboxylic acid groups (broad SMARTS) is 1. The molecule has 2 amide bonds. The van der Waals surface area contributed by atoms with Crippen molar-refractivity contribution in [3.63, 3.8) is 0 Å². The number of thiazole rings is 1. The fraction of sp³-hybridized carbons (Fsp3) is 0.300. The number of likely N-dealkylation sites (tertiary alicyclic amines) is 1. The number of aryl methyl sites for hydroxylation is 1. The molecule has 1 aliphatic carbocycles. The van der Waals surface area contributed by atoms with Gasteiger partial charge < -0.3 is 25.2 Å². The molecular weight excluding hydrogens is 647 g/mol. The molecule has 2 aliphatic rings. The Labute approximate surface area is 295 Å². The van der Waals surface area contributed by atoms with Crippen molar-refractivity contribution in [1.29, 1.82) is 0 Å². The number of rotatable bonds is 9. The monoisotopic (exact) mass is 687 g/mol. The fourth-order valence-corrected chi connectivity index (χ4v) is 8.25. The number of hydrogen-bond acceptors (Lipinski definition) is 6. The lowest BCUT2D eigenvalue weighted by atomic mass is 9.86. The Hall–Kier alpha value is -5.06. The Balaban J connectivity index is 1.19. The van der Waals surface area contributed by atoms with Gasteiger partial charge in [-0.25, -0.2) is 9.78 Å². The van der Waals surface area contributed by atoms with Crippen LogP contribution in [0, 0.1) is 0 Å². The van der Waals surface area contributed by atoms with Gasteiger partial charge in [-0.1, -0.05) is 61.4 Å². The zero-order valence-corrected chi connectivity index (χ0v) is 29.1. The molecule has 3 heterocycles. The number of carbonyl (C=O) groups excluding carboxylic acids is 2. The quantitative estimate of drug-likeness (QED) is 0.138. The minimum atomic E-state index is -1.09. The first-order valence-corrected chi connectivity index (χ1v) is 18.1. The van der Waals surface area contributed by atoms with Crippen molar-refractivity contribution in [2.75, 3.05) is 25.5 Å². The van der Waals surface area contributed by atoms with Crippen LogP contribution in [0.5, 0.6) is 0 Å². The van der Waals surface area contributed by atoms with Gasteiger partial charge in [0.15, 0.2) is 0 Å². The van der Waals surface area contributed by atoms with Gasteiger partial charge in [-0.05, 0) is 80.1 Å². The summed E-state index contributed by atoms with van der Waals surface area (Å²) in [5.74, 6) is -1.15. The van der Waals surface area contributed by atoms with Gasteiger partial charge in [0.25, 0.3) is 5.91 Å². The first-order valence-electron chi connectivity index (χ1n) is 17.2. The lowest BCUT2D eigenvalue weighted by Crippen LogP contribution is -2.61. The number of aromatic nitrogens is 2. The molecule has 1 saturated heterocycles. The lowest BCUT2D eigenvalue weighted by Gasteiger charge is -2.40. The summed E-state index contributed by atoms with van der Waals surface area (Å²) in [5, 5.41) is 19.4. The molecular formula is C40H41N5O4S. The molecule has 2 aromatic heterocycles. The van der Waals surface area contributed by atoms with Gasteiger partial charge in [-0.15, -0.1) is 11.3 Å². The largest absolute Gasteiger partial charge is 0.478 e. The van der Waals surface area contributed by atoms with Crippen molar-refractivity contribution >= 4 is 51.8 Å². The third-order valence-corrected chi connectivity index (χ3v) is 11.1. The second-order valence-electron chi connectivity index (χ2n) is 13.5. The minimum absolute atomic E-state index is 0.267. The lowest BCUT2D eigenvalue weighted by molar-refractivity contribution is -0.131. The van der Waals surface area contributed by atoms with Gasteiger partial charge in [0.1, 0.15) is 10.5 Å². The molecule has 3 aromatic carbocycles. The third-order valence-electron chi connectivity index (χ3n) is 10.2. The van der Waals surface area contributed by atoms with Gasteiger partial charge in [-0.3, -0.25) is 9.59 Å². The van der Waals surface area contributed by atoms with Crippen LogP contribution in [0.15, 0.2) is 84.3 Å². The SMILES string of the molecule is CN1CCC(NC(=O)c2ccc3c(C4CCCC4)c(-c4csc(-c5ccccc5)n4)n(C)c3c2)(C(=O)Nc2ccc(/C=C/C(=O)O)cc2)CC1. The number of nitrogens with zero attached hydrogens (tertiary/aromatic N) is 3. The number of amides is 2. The number of hydrogen-bond donors (Lipinski definition) is 3. The van der Waals surface area contributed by atoms with E-state index in [4.69, 9.17) is 10.1 Å². The molecule has 0 unspecified atom stereocenters. The summed E-state index contributed by atoms with van der Waals surface area (Å²) >= 11 is 1.65. The van der Waals surface area contributed by atoms with E-state index in [-0.39, 0.29) is 11.8 Å². The molecule has 5 aromatic rings. The van der Waals surface area contributed by atoms with Gasteiger partial charge in [0.05, 0.1) is 11.4 Å². The van der Waals surface area contributed by atoms with Crippen LogP contribution in [0.4, 0.5) is 5.69 Å². The maximum absolute atomic E-state index is 14.1. The molecule has 50 heavy (non-hydrogen) atoms. The summed E-state index contributed by atoms with van der Waals surface area (Å²) in [7, 11) is 4.08. The maximum Gasteiger partial charge on any atom is 0.328 e. The van der Waals surface area contributed by atoms with Crippen LogP contribution < -0.4 is 10.6 Å². The molecule has 3 N–H and O–H groups in total. The Morgan fingerprint density at radius 1 is 0.960 bits per heavy atom. The molecule has 0 atom stereocenters. The molecule has 256 valence electrons. The molecule has 0 bridgehead atoms. The first kappa shape index (κ1) is 33.4. The molecule has 1 aliphatic heterocycles. The Morgan fingerprint density at radius 3 is 2.38 bits per heavy atom. The van der Waals surface area contributed by atoms with Gasteiger partial charge in [0, 0.05) is 59.3 Å². The van der Waals surface area contributed by atoms with E-state index in [0.29, 0.717) is 48.7 Å². The summed E-state index contributed by atoms with van der Waals surface area (Å²) in [6.07, 6.45) is 8.19. The predicted octanol–water partition coefficient (Wildman–Crippen LogP) is 7.56. The van der Waals surface area contributed by atoms with Crippen LogP contribution in [0.25, 0.3) is 38.9 Å². The second kappa shape index (κ2) is 14.0. The summed E-state index contributed by atoms with van der Waals surface area (Å²) in [5.41, 5.74) is 6.14. The number of piperidine rings is 1. The van der Waals surface area contributed by atoms with E-state index in [1.165, 1.54) is 24.5 Å². The molecule has 0 radical (unpaired) electrons. The molecule has 10 heteroatoms. The van der Waals surface area contributed by atoms with E-state index >= 15 is 0 Å². The summed E-state index contributed by atoms with van der Waals surface area (Å²) in [6.45, 7) is 1.33. The summed E-state index contributed by atoms with van der Waals surface area (Å²) in [6, 6.07) is 23.1. The Morgan fingerprint density at radius 2 is 1.68 bits per heavy atom. The zero-order chi connectivity index (χ0) is 34.8. The van der Waals surface area contributed by atoms with Crippen molar-refractivity contribution in [2.24, 2.45) is 7.05 Å². The normalized spacial score (nSPS) is 16.6. The number of benzene rings is 3.